The minimum absolute atomic E-state index is 0.0650. The largest absolute Gasteiger partial charge is 0.207 e. The van der Waals surface area contributed by atoms with E-state index in [1.165, 1.54) is 27.8 Å². The van der Waals surface area contributed by atoms with Crippen molar-refractivity contribution >= 4 is 11.1 Å². The second-order valence-corrected chi connectivity index (χ2v) is 8.14. The van der Waals surface area contributed by atoms with Crippen molar-refractivity contribution in [3.63, 3.8) is 0 Å². The van der Waals surface area contributed by atoms with Crippen LogP contribution in [0.1, 0.15) is 63.1 Å². The lowest BCUT2D eigenvalue weighted by Gasteiger charge is -2.40. The summed E-state index contributed by atoms with van der Waals surface area (Å²) in [5, 5.41) is 0. The van der Waals surface area contributed by atoms with E-state index in [1.807, 2.05) is 0 Å². The molecule has 0 unspecified atom stereocenters. The van der Waals surface area contributed by atoms with E-state index in [4.69, 9.17) is 0 Å². The fourth-order valence-electron chi connectivity index (χ4n) is 4.94. The Bertz CT molecular complexity index is 973. The summed E-state index contributed by atoms with van der Waals surface area (Å²) in [7, 11) is 0. The maximum absolute atomic E-state index is 14.8. The summed E-state index contributed by atoms with van der Waals surface area (Å²) in [5.41, 5.74) is 8.86. The summed E-state index contributed by atoms with van der Waals surface area (Å²) in [6.45, 7) is 10.9. The first kappa shape index (κ1) is 18.0. The molecule has 0 atom stereocenters. The van der Waals surface area contributed by atoms with Crippen molar-refractivity contribution in [1.29, 1.82) is 0 Å². The molecule has 3 aliphatic rings. The van der Waals surface area contributed by atoms with Gasteiger partial charge in [-0.1, -0.05) is 62.9 Å². The fraction of sp³-hybridized carbons (Fsp3) is 0.308. The van der Waals surface area contributed by atoms with E-state index in [0.29, 0.717) is 0 Å². The van der Waals surface area contributed by atoms with Gasteiger partial charge in [-0.05, 0) is 77.7 Å². The van der Waals surface area contributed by atoms with E-state index < -0.39 is 0 Å². The third-order valence-electron chi connectivity index (χ3n) is 6.23. The van der Waals surface area contributed by atoms with Gasteiger partial charge in [-0.15, -0.1) is 0 Å². The zero-order chi connectivity index (χ0) is 19.2. The third-order valence-corrected chi connectivity index (χ3v) is 6.23. The van der Waals surface area contributed by atoms with Gasteiger partial charge >= 0.3 is 0 Å². The molecule has 0 nitrogen and oxygen atoms in total. The Morgan fingerprint density at radius 1 is 1.19 bits per heavy atom. The molecule has 0 spiro atoms. The minimum atomic E-state index is -0.359. The molecule has 0 fully saturated rings. The highest BCUT2D eigenvalue weighted by atomic mass is 19.1. The lowest BCUT2D eigenvalue weighted by Crippen LogP contribution is -2.29. The second-order valence-electron chi connectivity index (χ2n) is 8.14. The number of hydrogen-bond acceptors (Lipinski definition) is 0. The monoisotopic (exact) mass is 358 g/mol. The highest BCUT2D eigenvalue weighted by Gasteiger charge is 2.40. The second kappa shape index (κ2) is 6.64. The topological polar surface area (TPSA) is 0 Å². The summed E-state index contributed by atoms with van der Waals surface area (Å²) in [5.74, 6) is -0.0650. The molecular formula is C26H27F. The zero-order valence-electron chi connectivity index (χ0n) is 16.5. The van der Waals surface area contributed by atoms with Crippen LogP contribution in [0.5, 0.6) is 0 Å². The number of halogens is 1. The van der Waals surface area contributed by atoms with Crippen LogP contribution in [0.2, 0.25) is 0 Å². The van der Waals surface area contributed by atoms with Crippen LogP contribution in [0, 0.1) is 0 Å². The van der Waals surface area contributed by atoms with Gasteiger partial charge in [0, 0.05) is 11.0 Å². The van der Waals surface area contributed by atoms with E-state index >= 15 is 0 Å². The Hall–Kier alpha value is -2.41. The number of benzene rings is 1. The van der Waals surface area contributed by atoms with Crippen LogP contribution in [0.3, 0.4) is 0 Å². The van der Waals surface area contributed by atoms with Crippen LogP contribution < -0.4 is 0 Å². The molecule has 0 heterocycles. The highest BCUT2D eigenvalue weighted by Crippen LogP contribution is 2.53. The SMILES string of the molecule is C=C1C2=C(C(F)=CCC2)C(C)(C)c2cccc(/C(=C\C)C3=CC=CCC3)c21. The molecule has 4 rings (SSSR count). The van der Waals surface area contributed by atoms with Crippen molar-refractivity contribution < 1.29 is 4.39 Å². The Morgan fingerprint density at radius 3 is 2.70 bits per heavy atom. The molecule has 0 N–H and O–H groups in total. The van der Waals surface area contributed by atoms with Gasteiger partial charge in [-0.25, -0.2) is 4.39 Å². The lowest BCUT2D eigenvalue weighted by molar-refractivity contribution is 0.533. The number of hydrogen-bond donors (Lipinski definition) is 0. The van der Waals surface area contributed by atoms with Gasteiger partial charge in [-0.2, -0.15) is 0 Å². The summed E-state index contributed by atoms with van der Waals surface area (Å²) in [6, 6.07) is 6.47. The van der Waals surface area contributed by atoms with Crippen LogP contribution in [0.25, 0.3) is 11.1 Å². The summed E-state index contributed by atoms with van der Waals surface area (Å²) in [6.07, 6.45) is 14.3. The van der Waals surface area contributed by atoms with E-state index in [1.54, 1.807) is 6.08 Å². The Balaban J connectivity index is 1.95. The summed E-state index contributed by atoms with van der Waals surface area (Å²) < 4.78 is 14.8. The predicted molar refractivity (Wildman–Crippen MR) is 114 cm³/mol. The Morgan fingerprint density at radius 2 is 2.00 bits per heavy atom. The number of allylic oxidation sites excluding steroid dienone is 11. The van der Waals surface area contributed by atoms with Gasteiger partial charge in [-0.3, -0.25) is 0 Å². The number of rotatable bonds is 2. The third kappa shape index (κ3) is 2.72. The first-order chi connectivity index (χ1) is 13.0. The van der Waals surface area contributed by atoms with E-state index in [9.17, 15) is 4.39 Å². The van der Waals surface area contributed by atoms with E-state index in [0.717, 1.165) is 42.4 Å². The van der Waals surface area contributed by atoms with Gasteiger partial charge in [0.15, 0.2) is 0 Å². The van der Waals surface area contributed by atoms with Crippen molar-refractivity contribution in [2.45, 2.75) is 51.9 Å². The zero-order valence-corrected chi connectivity index (χ0v) is 16.5. The molecule has 0 aliphatic heterocycles. The summed E-state index contributed by atoms with van der Waals surface area (Å²) >= 11 is 0. The highest BCUT2D eigenvalue weighted by molar-refractivity contribution is 5.94. The van der Waals surface area contributed by atoms with Crippen LogP contribution in [0.4, 0.5) is 4.39 Å². The average Bonchev–Trinajstić information content (AvgIpc) is 2.67. The normalized spacial score (nSPS) is 21.5. The molecule has 0 aromatic heterocycles. The van der Waals surface area contributed by atoms with Crippen LogP contribution in [-0.4, -0.2) is 0 Å². The molecule has 0 amide bonds. The molecule has 3 aliphatic carbocycles. The van der Waals surface area contributed by atoms with Crippen LogP contribution in [-0.2, 0) is 5.41 Å². The Labute approximate surface area is 162 Å². The maximum Gasteiger partial charge on any atom is 0.123 e. The molecule has 138 valence electrons. The van der Waals surface area contributed by atoms with Gasteiger partial charge in [0.1, 0.15) is 5.83 Å². The molecule has 1 aromatic rings. The quantitative estimate of drug-likeness (QED) is 0.510. The van der Waals surface area contributed by atoms with Crippen molar-refractivity contribution in [3.05, 3.63) is 94.4 Å². The molecule has 0 bridgehead atoms. The summed E-state index contributed by atoms with van der Waals surface area (Å²) in [4.78, 5) is 0. The van der Waals surface area contributed by atoms with E-state index in [-0.39, 0.29) is 11.2 Å². The molecule has 27 heavy (non-hydrogen) atoms. The van der Waals surface area contributed by atoms with Crippen LogP contribution >= 0.6 is 0 Å². The van der Waals surface area contributed by atoms with Crippen molar-refractivity contribution in [1.82, 2.24) is 0 Å². The molecule has 1 heteroatoms. The first-order valence-electron chi connectivity index (χ1n) is 9.92. The fourth-order valence-corrected chi connectivity index (χ4v) is 4.94. The minimum Gasteiger partial charge on any atom is -0.207 e. The molecule has 0 radical (unpaired) electrons. The smallest absolute Gasteiger partial charge is 0.123 e. The average molecular weight is 359 g/mol. The number of fused-ring (bicyclic) bond motifs is 1. The predicted octanol–water partition coefficient (Wildman–Crippen LogP) is 7.61. The van der Waals surface area contributed by atoms with Gasteiger partial charge < -0.3 is 0 Å². The molecule has 1 aromatic carbocycles. The molecular weight excluding hydrogens is 331 g/mol. The molecule has 0 saturated heterocycles. The maximum atomic E-state index is 14.8. The van der Waals surface area contributed by atoms with E-state index in [2.05, 4.69) is 69.9 Å². The lowest BCUT2D eigenvalue weighted by atomic mass is 9.63. The van der Waals surface area contributed by atoms with Gasteiger partial charge in [0.25, 0.3) is 0 Å². The van der Waals surface area contributed by atoms with Crippen molar-refractivity contribution in [2.75, 3.05) is 0 Å². The first-order valence-corrected chi connectivity index (χ1v) is 9.92. The standard InChI is InChI=1S/C26H27F/c1-5-19(18-11-7-6-8-12-18)21-14-9-15-22-24(21)17(2)20-13-10-16-23(27)25(20)26(22,3)4/h5-7,9,11,14-16H,2,8,10,12-13H2,1,3-4H3/b19-5-. The van der Waals surface area contributed by atoms with Gasteiger partial charge in [0.2, 0.25) is 0 Å². The van der Waals surface area contributed by atoms with Crippen molar-refractivity contribution in [2.24, 2.45) is 0 Å². The molecule has 0 saturated carbocycles. The van der Waals surface area contributed by atoms with Gasteiger partial charge in [0.05, 0.1) is 0 Å². The van der Waals surface area contributed by atoms with Crippen LogP contribution in [0.15, 0.2) is 77.7 Å². The Kier molecular flexibility index (Phi) is 4.42. The van der Waals surface area contributed by atoms with Crippen molar-refractivity contribution in [3.8, 4) is 0 Å².